The van der Waals surface area contributed by atoms with Gasteiger partial charge < -0.3 is 4.98 Å². The molecule has 1 N–H and O–H groups in total. The second-order valence-electron chi connectivity index (χ2n) is 9.65. The first-order valence-electron chi connectivity index (χ1n) is 11.4. The Balaban J connectivity index is 1.93. The minimum Gasteiger partial charge on any atom is -0.322 e. The third kappa shape index (κ3) is 4.59. The van der Waals surface area contributed by atoms with E-state index in [1.807, 2.05) is 35.0 Å². The first-order chi connectivity index (χ1) is 15.7. The Morgan fingerprint density at radius 2 is 1.76 bits per heavy atom. The van der Waals surface area contributed by atoms with E-state index in [0.717, 1.165) is 23.0 Å². The maximum absolute atomic E-state index is 13.4. The summed E-state index contributed by atoms with van der Waals surface area (Å²) >= 11 is 0. The van der Waals surface area contributed by atoms with Gasteiger partial charge in [0, 0.05) is 17.6 Å². The van der Waals surface area contributed by atoms with Gasteiger partial charge in [-0.15, -0.1) is 5.10 Å². The Kier molecular flexibility index (Phi) is 6.17. The quantitative estimate of drug-likeness (QED) is 0.474. The van der Waals surface area contributed by atoms with Gasteiger partial charge in [-0.1, -0.05) is 37.3 Å². The summed E-state index contributed by atoms with van der Waals surface area (Å²) in [6.07, 6.45) is 0. The van der Waals surface area contributed by atoms with Crippen LogP contribution in [-0.4, -0.2) is 36.6 Å². The number of rotatable bonds is 6. The van der Waals surface area contributed by atoms with E-state index in [1.165, 1.54) is 11.1 Å². The number of aromatic nitrogens is 5. The molecule has 0 saturated heterocycles. The highest BCUT2D eigenvalue weighted by molar-refractivity contribution is 5.81. The highest BCUT2D eigenvalue weighted by Gasteiger charge is 2.32. The fourth-order valence-corrected chi connectivity index (χ4v) is 4.24. The Morgan fingerprint density at radius 1 is 1.06 bits per heavy atom. The normalized spacial score (nSPS) is 13.1. The minimum absolute atomic E-state index is 0.120. The van der Waals surface area contributed by atoms with Gasteiger partial charge in [0.25, 0.3) is 5.56 Å². The second-order valence-corrected chi connectivity index (χ2v) is 9.65. The lowest BCUT2D eigenvalue weighted by Gasteiger charge is -2.32. The molecule has 1 atom stereocenters. The van der Waals surface area contributed by atoms with Gasteiger partial charge in [-0.3, -0.25) is 9.69 Å². The van der Waals surface area contributed by atoms with Crippen molar-refractivity contribution in [2.24, 2.45) is 0 Å². The van der Waals surface area contributed by atoms with E-state index in [-0.39, 0.29) is 11.1 Å². The standard InChI is InChI=1S/C26H32N6O/c1-7-31(16-19-11-9-8-10-12-19)23(24-28-29-30-32(24)26(4,5)6)21-15-20-13-17(2)18(3)14-22(20)27-25(21)33/h8-15,23H,7,16H2,1-6H3,(H,27,33)/t23-/m0/s1. The van der Waals surface area contributed by atoms with Crippen LogP contribution < -0.4 is 5.56 Å². The third-order valence-electron chi connectivity index (χ3n) is 6.16. The number of nitrogens with one attached hydrogen (secondary N) is 1. The first kappa shape index (κ1) is 22.9. The van der Waals surface area contributed by atoms with Crippen LogP contribution in [0.15, 0.2) is 53.3 Å². The Labute approximate surface area is 194 Å². The maximum Gasteiger partial charge on any atom is 0.253 e. The molecule has 0 radical (unpaired) electrons. The molecule has 0 unspecified atom stereocenters. The van der Waals surface area contributed by atoms with Crippen molar-refractivity contribution in [1.29, 1.82) is 0 Å². The monoisotopic (exact) mass is 444 g/mol. The highest BCUT2D eigenvalue weighted by Crippen LogP contribution is 2.30. The SMILES string of the molecule is CCN(Cc1ccccc1)[C@@H](c1cc2cc(C)c(C)cc2[nH]c1=O)c1nnnn1C(C)(C)C. The number of fused-ring (bicyclic) bond motifs is 1. The molecule has 0 bridgehead atoms. The van der Waals surface area contributed by atoms with E-state index in [9.17, 15) is 4.79 Å². The summed E-state index contributed by atoms with van der Waals surface area (Å²) in [7, 11) is 0. The molecule has 2 aromatic heterocycles. The molecule has 172 valence electrons. The van der Waals surface area contributed by atoms with Crippen molar-refractivity contribution in [2.75, 3.05) is 6.54 Å². The lowest BCUT2D eigenvalue weighted by atomic mass is 9.99. The number of nitrogens with zero attached hydrogens (tertiary/aromatic N) is 5. The zero-order valence-corrected chi connectivity index (χ0v) is 20.3. The topological polar surface area (TPSA) is 79.7 Å². The van der Waals surface area contributed by atoms with Crippen molar-refractivity contribution >= 4 is 10.9 Å². The van der Waals surface area contributed by atoms with Crippen LogP contribution in [0.3, 0.4) is 0 Å². The average Bonchev–Trinajstić information content (AvgIpc) is 3.26. The zero-order valence-electron chi connectivity index (χ0n) is 20.3. The fourth-order valence-electron chi connectivity index (χ4n) is 4.24. The molecule has 4 aromatic rings. The molecule has 33 heavy (non-hydrogen) atoms. The van der Waals surface area contributed by atoms with Crippen molar-refractivity contribution in [3.05, 3.63) is 87.0 Å². The number of aryl methyl sites for hydroxylation is 2. The van der Waals surface area contributed by atoms with Gasteiger partial charge >= 0.3 is 0 Å². The highest BCUT2D eigenvalue weighted by atomic mass is 16.1. The second kappa shape index (κ2) is 8.90. The van der Waals surface area contributed by atoms with Crippen LogP contribution in [0.25, 0.3) is 10.9 Å². The molecule has 7 heteroatoms. The number of hydrogen-bond donors (Lipinski definition) is 1. The van der Waals surface area contributed by atoms with Gasteiger partial charge in [-0.25, -0.2) is 4.68 Å². The number of hydrogen-bond acceptors (Lipinski definition) is 5. The molecule has 0 spiro atoms. The van der Waals surface area contributed by atoms with Gasteiger partial charge in [0.15, 0.2) is 5.82 Å². The predicted octanol–water partition coefficient (Wildman–Crippen LogP) is 4.50. The van der Waals surface area contributed by atoms with Gasteiger partial charge in [0.05, 0.1) is 5.54 Å². The Hall–Kier alpha value is -3.32. The lowest BCUT2D eigenvalue weighted by Crippen LogP contribution is -2.37. The van der Waals surface area contributed by atoms with Crippen molar-refractivity contribution in [3.63, 3.8) is 0 Å². The molecule has 2 aromatic carbocycles. The number of pyridine rings is 1. The minimum atomic E-state index is -0.404. The number of H-pyrrole nitrogens is 1. The molecule has 0 fully saturated rings. The zero-order chi connectivity index (χ0) is 23.8. The summed E-state index contributed by atoms with van der Waals surface area (Å²) < 4.78 is 1.83. The van der Waals surface area contributed by atoms with Crippen LogP contribution in [0, 0.1) is 13.8 Å². The van der Waals surface area contributed by atoms with E-state index < -0.39 is 6.04 Å². The van der Waals surface area contributed by atoms with E-state index in [4.69, 9.17) is 0 Å². The fraction of sp³-hybridized carbons (Fsp3) is 0.385. The largest absolute Gasteiger partial charge is 0.322 e. The maximum atomic E-state index is 13.4. The Morgan fingerprint density at radius 3 is 2.42 bits per heavy atom. The van der Waals surface area contributed by atoms with E-state index in [1.54, 1.807) is 0 Å². The molecule has 2 heterocycles. The average molecular weight is 445 g/mol. The van der Waals surface area contributed by atoms with Crippen molar-refractivity contribution in [2.45, 2.75) is 59.7 Å². The van der Waals surface area contributed by atoms with E-state index >= 15 is 0 Å². The van der Waals surface area contributed by atoms with Crippen molar-refractivity contribution in [3.8, 4) is 0 Å². The smallest absolute Gasteiger partial charge is 0.253 e. The van der Waals surface area contributed by atoms with Crippen LogP contribution in [0.5, 0.6) is 0 Å². The summed E-state index contributed by atoms with van der Waals surface area (Å²) in [6, 6.07) is 16.0. The van der Waals surface area contributed by atoms with E-state index in [2.05, 4.69) is 85.2 Å². The summed E-state index contributed by atoms with van der Waals surface area (Å²) in [4.78, 5) is 18.8. The number of aromatic amines is 1. The van der Waals surface area contributed by atoms with Crippen LogP contribution in [0.4, 0.5) is 0 Å². The molecule has 0 amide bonds. The summed E-state index contributed by atoms with van der Waals surface area (Å²) in [5, 5.41) is 13.7. The number of tetrazole rings is 1. The first-order valence-corrected chi connectivity index (χ1v) is 11.4. The number of benzene rings is 2. The van der Waals surface area contributed by atoms with Crippen LogP contribution in [0.1, 0.15) is 61.8 Å². The molecule has 0 aliphatic rings. The predicted molar refractivity (Wildman–Crippen MR) is 131 cm³/mol. The summed E-state index contributed by atoms with van der Waals surface area (Å²) in [5.74, 6) is 0.661. The van der Waals surface area contributed by atoms with Crippen LogP contribution in [0.2, 0.25) is 0 Å². The third-order valence-corrected chi connectivity index (χ3v) is 6.16. The molecule has 4 rings (SSSR count). The van der Waals surface area contributed by atoms with Crippen LogP contribution in [-0.2, 0) is 12.1 Å². The van der Waals surface area contributed by atoms with Gasteiger partial charge in [-0.05, 0) is 91.9 Å². The lowest BCUT2D eigenvalue weighted by molar-refractivity contribution is 0.202. The van der Waals surface area contributed by atoms with Gasteiger partial charge in [0.1, 0.15) is 6.04 Å². The summed E-state index contributed by atoms with van der Waals surface area (Å²) in [6.45, 7) is 13.8. The molecular weight excluding hydrogens is 412 g/mol. The van der Waals surface area contributed by atoms with Crippen molar-refractivity contribution < 1.29 is 0 Å². The molecular formula is C26H32N6O. The molecule has 0 aliphatic carbocycles. The van der Waals surface area contributed by atoms with E-state index in [0.29, 0.717) is 17.9 Å². The van der Waals surface area contributed by atoms with Gasteiger partial charge in [-0.2, -0.15) is 0 Å². The van der Waals surface area contributed by atoms with Crippen LogP contribution >= 0.6 is 0 Å². The molecule has 0 saturated carbocycles. The summed E-state index contributed by atoms with van der Waals surface area (Å²) in [5.41, 5.74) is 4.54. The molecule has 0 aliphatic heterocycles. The van der Waals surface area contributed by atoms with Crippen molar-refractivity contribution in [1.82, 2.24) is 30.1 Å². The molecule has 7 nitrogen and oxygen atoms in total. The van der Waals surface area contributed by atoms with Gasteiger partial charge in [0.2, 0.25) is 0 Å². The Bertz CT molecular complexity index is 1320.